The van der Waals surface area contributed by atoms with E-state index in [0.29, 0.717) is 47.6 Å². The second kappa shape index (κ2) is 9.44. The van der Waals surface area contributed by atoms with E-state index >= 15 is 0 Å². The van der Waals surface area contributed by atoms with Crippen molar-refractivity contribution >= 4 is 46.2 Å². The number of nitrogens with one attached hydrogen (secondary N) is 1. The van der Waals surface area contributed by atoms with Gasteiger partial charge in [0.2, 0.25) is 0 Å². The van der Waals surface area contributed by atoms with E-state index in [1.165, 1.54) is 11.9 Å². The molecule has 0 saturated carbocycles. The fourth-order valence-electron chi connectivity index (χ4n) is 3.96. The van der Waals surface area contributed by atoms with Crippen LogP contribution in [0.5, 0.6) is 11.5 Å². The van der Waals surface area contributed by atoms with Crippen molar-refractivity contribution in [3.05, 3.63) is 58.4 Å². The Kier molecular flexibility index (Phi) is 6.19. The minimum Gasteiger partial charge on any atom is -0.496 e. The summed E-state index contributed by atoms with van der Waals surface area (Å²) in [6, 6.07) is 9.20. The normalized spacial score (nSPS) is 12.5. The highest BCUT2D eigenvalue weighted by molar-refractivity contribution is 8.00. The Morgan fingerprint density at radius 2 is 2.09 bits per heavy atom. The lowest BCUT2D eigenvalue weighted by atomic mass is 10.1. The molecule has 35 heavy (non-hydrogen) atoms. The molecule has 0 atom stereocenters. The number of methoxy groups -OCH3 is 2. The lowest BCUT2D eigenvalue weighted by Crippen LogP contribution is -2.24. The molecule has 0 saturated heterocycles. The van der Waals surface area contributed by atoms with Crippen LogP contribution >= 0.6 is 23.5 Å². The van der Waals surface area contributed by atoms with Crippen molar-refractivity contribution in [2.45, 2.75) is 24.5 Å². The predicted molar refractivity (Wildman–Crippen MR) is 132 cm³/mol. The molecule has 0 aliphatic carbocycles. The number of nitrogens with zero attached hydrogens (tertiary/aromatic N) is 4. The van der Waals surface area contributed by atoms with Gasteiger partial charge in [-0.05, 0) is 53.8 Å². The van der Waals surface area contributed by atoms with Gasteiger partial charge in [0.25, 0.3) is 5.91 Å². The van der Waals surface area contributed by atoms with Gasteiger partial charge in [0, 0.05) is 16.8 Å². The fraction of sp³-hybridized carbons (Fsp3) is 0.208. The first-order valence-electron chi connectivity index (χ1n) is 10.5. The molecule has 1 aliphatic rings. The fourth-order valence-corrected chi connectivity index (χ4v) is 4.98. The second-order valence-electron chi connectivity index (χ2n) is 7.81. The number of benzene rings is 2. The smallest absolute Gasteiger partial charge is 0.298 e. The third kappa shape index (κ3) is 4.48. The molecule has 0 unspecified atom stereocenters. The maximum absolute atomic E-state index is 11.7. The molecular formula is C24H20ClN5O4S. The molecule has 2 aromatic carbocycles. The van der Waals surface area contributed by atoms with Gasteiger partial charge in [-0.15, -0.1) is 6.42 Å². The molecule has 3 heterocycles. The van der Waals surface area contributed by atoms with E-state index in [9.17, 15) is 4.79 Å². The number of rotatable bonds is 7. The van der Waals surface area contributed by atoms with Crippen LogP contribution in [0.15, 0.2) is 45.9 Å². The lowest BCUT2D eigenvalue weighted by Gasteiger charge is -2.12. The van der Waals surface area contributed by atoms with Crippen LogP contribution in [-0.4, -0.2) is 40.0 Å². The SMILES string of the molecule is C#CC(=O)N1Cc2cn(Cc3cc(OC)c4c(NSc5cc(Cl)ccc5OC)noc4c3)nc2C1. The van der Waals surface area contributed by atoms with Crippen molar-refractivity contribution < 1.29 is 18.8 Å². The van der Waals surface area contributed by atoms with Gasteiger partial charge in [-0.1, -0.05) is 16.8 Å². The molecule has 1 amide bonds. The Balaban J connectivity index is 1.35. The van der Waals surface area contributed by atoms with Gasteiger partial charge in [0.05, 0.1) is 44.4 Å². The molecule has 0 fully saturated rings. The summed E-state index contributed by atoms with van der Waals surface area (Å²) < 4.78 is 21.7. The van der Waals surface area contributed by atoms with Crippen LogP contribution in [0.25, 0.3) is 11.0 Å². The first-order chi connectivity index (χ1) is 17.0. The lowest BCUT2D eigenvalue weighted by molar-refractivity contribution is -0.125. The summed E-state index contributed by atoms with van der Waals surface area (Å²) in [5.74, 6) is 3.64. The number of terminal acetylenes is 1. The number of amides is 1. The van der Waals surface area contributed by atoms with Crippen molar-refractivity contribution in [2.75, 3.05) is 18.9 Å². The Bertz CT molecular complexity index is 1450. The van der Waals surface area contributed by atoms with Crippen LogP contribution in [-0.2, 0) is 24.4 Å². The average Bonchev–Trinajstić information content (AvgIpc) is 3.55. The minimum absolute atomic E-state index is 0.327. The summed E-state index contributed by atoms with van der Waals surface area (Å²) in [7, 11) is 3.20. The second-order valence-corrected chi connectivity index (χ2v) is 9.09. The monoisotopic (exact) mass is 509 g/mol. The highest BCUT2D eigenvalue weighted by Crippen LogP contribution is 2.38. The average molecular weight is 510 g/mol. The first-order valence-corrected chi connectivity index (χ1v) is 11.7. The molecule has 178 valence electrons. The molecule has 9 nitrogen and oxygen atoms in total. The predicted octanol–water partition coefficient (Wildman–Crippen LogP) is 4.34. The van der Waals surface area contributed by atoms with Gasteiger partial charge in [-0.3, -0.25) is 9.48 Å². The van der Waals surface area contributed by atoms with Gasteiger partial charge in [0.15, 0.2) is 11.4 Å². The molecule has 1 N–H and O–H groups in total. The maximum atomic E-state index is 11.7. The minimum atomic E-state index is -0.327. The third-order valence-electron chi connectivity index (χ3n) is 5.58. The van der Waals surface area contributed by atoms with Crippen LogP contribution in [0.3, 0.4) is 0 Å². The van der Waals surface area contributed by atoms with E-state index < -0.39 is 0 Å². The number of anilines is 1. The van der Waals surface area contributed by atoms with Crippen molar-refractivity contribution in [1.29, 1.82) is 0 Å². The van der Waals surface area contributed by atoms with E-state index in [-0.39, 0.29) is 5.91 Å². The zero-order valence-electron chi connectivity index (χ0n) is 18.9. The summed E-state index contributed by atoms with van der Waals surface area (Å²) >= 11 is 7.44. The zero-order valence-corrected chi connectivity index (χ0v) is 20.4. The topological polar surface area (TPSA) is 94.7 Å². The van der Waals surface area contributed by atoms with Crippen LogP contribution in [0.2, 0.25) is 5.02 Å². The molecule has 4 aromatic rings. The van der Waals surface area contributed by atoms with E-state index in [4.69, 9.17) is 32.0 Å². The summed E-state index contributed by atoms with van der Waals surface area (Å²) in [6.07, 6.45) is 7.15. The molecule has 0 spiro atoms. The highest BCUT2D eigenvalue weighted by Gasteiger charge is 2.25. The number of fused-ring (bicyclic) bond motifs is 2. The summed E-state index contributed by atoms with van der Waals surface area (Å²) in [4.78, 5) is 14.1. The number of carbonyl (C=O) groups excluding carboxylic acids is 1. The highest BCUT2D eigenvalue weighted by atomic mass is 35.5. The Labute approximate surface area is 210 Å². The van der Waals surface area contributed by atoms with Gasteiger partial charge in [-0.25, -0.2) is 0 Å². The van der Waals surface area contributed by atoms with Gasteiger partial charge >= 0.3 is 0 Å². The largest absolute Gasteiger partial charge is 0.496 e. The summed E-state index contributed by atoms with van der Waals surface area (Å²) in [6.45, 7) is 1.38. The van der Waals surface area contributed by atoms with E-state index in [0.717, 1.165) is 27.1 Å². The summed E-state index contributed by atoms with van der Waals surface area (Å²) in [5.41, 5.74) is 3.34. The quantitative estimate of drug-likeness (QED) is 0.290. The van der Waals surface area contributed by atoms with Crippen molar-refractivity contribution in [3.63, 3.8) is 0 Å². The van der Waals surface area contributed by atoms with Crippen LogP contribution in [0, 0.1) is 12.3 Å². The molecule has 0 radical (unpaired) electrons. The number of carbonyl (C=O) groups is 1. The van der Waals surface area contributed by atoms with Gasteiger partial charge < -0.3 is 23.6 Å². The number of hydrogen-bond acceptors (Lipinski definition) is 8. The van der Waals surface area contributed by atoms with Crippen LogP contribution in [0.1, 0.15) is 16.8 Å². The third-order valence-corrected chi connectivity index (χ3v) is 6.65. The van der Waals surface area contributed by atoms with Crippen LogP contribution < -0.4 is 14.2 Å². The zero-order chi connectivity index (χ0) is 24.5. The molecule has 2 aromatic heterocycles. The standard InChI is InChI=1S/C24H20ClN5O4S/c1-4-22(31)29-11-15-12-30(26-17(15)13-29)10-14-7-19(33-3)23-20(8-14)34-27-24(23)28-35-21-9-16(25)5-6-18(21)32-2/h1,5-9,12H,10-11,13H2,2-3H3,(H,27,28). The van der Waals surface area contributed by atoms with Crippen molar-refractivity contribution in [1.82, 2.24) is 19.8 Å². The molecule has 1 aliphatic heterocycles. The summed E-state index contributed by atoms with van der Waals surface area (Å²) in [5, 5.41) is 10.1. The molecule has 11 heteroatoms. The number of ether oxygens (including phenoxy) is 2. The van der Waals surface area contributed by atoms with Crippen molar-refractivity contribution in [3.8, 4) is 23.8 Å². The van der Waals surface area contributed by atoms with E-state index in [1.807, 2.05) is 23.0 Å². The Hall–Kier alpha value is -3.81. The van der Waals surface area contributed by atoms with Crippen molar-refractivity contribution in [2.24, 2.45) is 0 Å². The molecule has 5 rings (SSSR count). The maximum Gasteiger partial charge on any atom is 0.298 e. The number of hydrogen-bond donors (Lipinski definition) is 1. The molecule has 0 bridgehead atoms. The first kappa shape index (κ1) is 23.0. The van der Waals surface area contributed by atoms with E-state index in [2.05, 4.69) is 20.9 Å². The van der Waals surface area contributed by atoms with Gasteiger partial charge in [-0.2, -0.15) is 5.10 Å². The Morgan fingerprint density at radius 1 is 1.26 bits per heavy atom. The number of aromatic nitrogens is 3. The number of halogens is 1. The molecular weight excluding hydrogens is 490 g/mol. The van der Waals surface area contributed by atoms with E-state index in [1.54, 1.807) is 37.3 Å². The van der Waals surface area contributed by atoms with Crippen LogP contribution in [0.4, 0.5) is 5.82 Å². The van der Waals surface area contributed by atoms with Gasteiger partial charge in [0.1, 0.15) is 16.9 Å². The Morgan fingerprint density at radius 3 is 2.83 bits per heavy atom.